The lowest BCUT2D eigenvalue weighted by Gasteiger charge is -2.28. The Balaban J connectivity index is 1.96. The summed E-state index contributed by atoms with van der Waals surface area (Å²) in [6.45, 7) is 1.04. The van der Waals surface area contributed by atoms with Gasteiger partial charge >= 0.3 is 0 Å². The first-order valence-corrected chi connectivity index (χ1v) is 8.68. The van der Waals surface area contributed by atoms with Crippen LogP contribution in [0.3, 0.4) is 0 Å². The predicted molar refractivity (Wildman–Crippen MR) is 71.5 cm³/mol. The molecule has 0 radical (unpaired) electrons. The molecule has 0 aromatic carbocycles. The van der Waals surface area contributed by atoms with E-state index in [1.165, 1.54) is 0 Å². The molecular formula is C12H22N2O4S. The number of aliphatic hydroxyl groups excluding tert-OH is 1. The number of carbonyl (C=O) groups is 1. The number of carbonyl (C=O) groups excluding carboxylic acids is 1. The maximum absolute atomic E-state index is 12.3. The van der Waals surface area contributed by atoms with Crippen molar-refractivity contribution in [2.45, 2.75) is 37.8 Å². The first-order chi connectivity index (χ1) is 9.02. The molecule has 0 spiro atoms. The maximum atomic E-state index is 12.3. The van der Waals surface area contributed by atoms with Gasteiger partial charge in [0, 0.05) is 25.0 Å². The van der Waals surface area contributed by atoms with Gasteiger partial charge in [-0.15, -0.1) is 0 Å². The van der Waals surface area contributed by atoms with Crippen molar-refractivity contribution in [3.05, 3.63) is 0 Å². The molecule has 2 atom stereocenters. The number of rotatable bonds is 5. The number of aliphatic hydroxyl groups is 1. The summed E-state index contributed by atoms with van der Waals surface area (Å²) in [4.78, 5) is 13.8. The molecule has 0 aromatic rings. The summed E-state index contributed by atoms with van der Waals surface area (Å²) in [5, 5.41) is 12.3. The number of hydrogen-bond donors (Lipinski definition) is 2. The summed E-state index contributed by atoms with van der Waals surface area (Å²) < 4.78 is 23.0. The molecular weight excluding hydrogens is 268 g/mol. The Kier molecular flexibility index (Phi) is 4.81. The van der Waals surface area contributed by atoms with Gasteiger partial charge in [-0.25, -0.2) is 8.42 Å². The highest BCUT2D eigenvalue weighted by atomic mass is 32.2. The summed E-state index contributed by atoms with van der Waals surface area (Å²) in [6.07, 6.45) is 2.96. The van der Waals surface area contributed by atoms with Crippen LogP contribution in [0.1, 0.15) is 25.7 Å². The van der Waals surface area contributed by atoms with Gasteiger partial charge in [0.25, 0.3) is 0 Å². The highest BCUT2D eigenvalue weighted by Gasteiger charge is 2.35. The lowest BCUT2D eigenvalue weighted by atomic mass is 10.1. The molecule has 19 heavy (non-hydrogen) atoms. The van der Waals surface area contributed by atoms with Crippen molar-refractivity contribution < 1.29 is 18.3 Å². The molecule has 110 valence electrons. The quantitative estimate of drug-likeness (QED) is 0.688. The molecule has 2 unspecified atom stereocenters. The zero-order valence-corrected chi connectivity index (χ0v) is 11.9. The van der Waals surface area contributed by atoms with Gasteiger partial charge in [0.05, 0.1) is 18.1 Å². The Morgan fingerprint density at radius 3 is 2.68 bits per heavy atom. The molecule has 2 aliphatic rings. The highest BCUT2D eigenvalue weighted by molar-refractivity contribution is 7.91. The predicted octanol–water partition coefficient (Wildman–Crippen LogP) is -0.863. The van der Waals surface area contributed by atoms with Gasteiger partial charge < -0.3 is 15.3 Å². The highest BCUT2D eigenvalue weighted by Crippen LogP contribution is 2.20. The van der Waals surface area contributed by atoms with E-state index in [2.05, 4.69) is 5.32 Å². The van der Waals surface area contributed by atoms with Crippen LogP contribution in [-0.4, -0.2) is 67.6 Å². The fourth-order valence-corrected chi connectivity index (χ4v) is 4.63. The number of hydrogen-bond acceptors (Lipinski definition) is 5. The van der Waals surface area contributed by atoms with Crippen LogP contribution in [0.5, 0.6) is 0 Å². The zero-order chi connectivity index (χ0) is 13.9. The fourth-order valence-electron chi connectivity index (χ4n) is 2.90. The largest absolute Gasteiger partial charge is 0.395 e. The van der Waals surface area contributed by atoms with E-state index in [-0.39, 0.29) is 42.6 Å². The van der Waals surface area contributed by atoms with Crippen LogP contribution in [-0.2, 0) is 14.6 Å². The minimum absolute atomic E-state index is 0.0385. The minimum atomic E-state index is -3.01. The Morgan fingerprint density at radius 1 is 1.37 bits per heavy atom. The first kappa shape index (κ1) is 14.7. The van der Waals surface area contributed by atoms with Crippen LogP contribution in [0, 0.1) is 0 Å². The van der Waals surface area contributed by atoms with Crippen molar-refractivity contribution in [1.29, 1.82) is 0 Å². The lowest BCUT2D eigenvalue weighted by molar-refractivity contribution is -0.134. The smallest absolute Gasteiger partial charge is 0.224 e. The van der Waals surface area contributed by atoms with Crippen molar-refractivity contribution in [2.75, 3.05) is 31.2 Å². The van der Waals surface area contributed by atoms with Crippen molar-refractivity contribution in [1.82, 2.24) is 10.2 Å². The molecule has 1 amide bonds. The van der Waals surface area contributed by atoms with Gasteiger partial charge in [-0.2, -0.15) is 0 Å². The van der Waals surface area contributed by atoms with E-state index in [1.54, 1.807) is 4.90 Å². The van der Waals surface area contributed by atoms with Crippen LogP contribution in [0.2, 0.25) is 0 Å². The van der Waals surface area contributed by atoms with Crippen LogP contribution >= 0.6 is 0 Å². The van der Waals surface area contributed by atoms with Crippen molar-refractivity contribution in [2.24, 2.45) is 0 Å². The number of nitrogens with one attached hydrogen (secondary N) is 1. The topological polar surface area (TPSA) is 86.7 Å². The van der Waals surface area contributed by atoms with Gasteiger partial charge in [-0.05, 0) is 25.8 Å². The molecule has 0 saturated carbocycles. The molecule has 2 saturated heterocycles. The monoisotopic (exact) mass is 290 g/mol. The van der Waals surface area contributed by atoms with E-state index in [9.17, 15) is 13.2 Å². The van der Waals surface area contributed by atoms with E-state index in [0.29, 0.717) is 12.8 Å². The Bertz CT molecular complexity index is 417. The Morgan fingerprint density at radius 2 is 2.16 bits per heavy atom. The standard InChI is InChI=1S/C12H22N2O4S/c15-6-5-14(11-3-7-19(17,18)9-11)12(16)8-10-2-1-4-13-10/h10-11,13,15H,1-9H2. The second-order valence-electron chi connectivity index (χ2n) is 5.36. The van der Waals surface area contributed by atoms with Crippen LogP contribution in [0.25, 0.3) is 0 Å². The van der Waals surface area contributed by atoms with E-state index in [4.69, 9.17) is 5.11 Å². The molecule has 2 N–H and O–H groups in total. The van der Waals surface area contributed by atoms with Crippen LogP contribution in [0.15, 0.2) is 0 Å². The molecule has 2 rings (SSSR count). The van der Waals surface area contributed by atoms with Gasteiger partial charge in [-0.3, -0.25) is 4.79 Å². The molecule has 0 bridgehead atoms. The van der Waals surface area contributed by atoms with Gasteiger partial charge in [0.1, 0.15) is 0 Å². The average Bonchev–Trinajstić information content (AvgIpc) is 2.95. The third kappa shape index (κ3) is 3.90. The summed E-state index contributed by atoms with van der Waals surface area (Å²) in [7, 11) is -3.01. The van der Waals surface area contributed by atoms with Gasteiger partial charge in [0.15, 0.2) is 9.84 Å². The fraction of sp³-hybridized carbons (Fsp3) is 0.917. The number of sulfone groups is 1. The Labute approximate surface area is 114 Å². The van der Waals surface area contributed by atoms with Crippen molar-refractivity contribution >= 4 is 15.7 Å². The van der Waals surface area contributed by atoms with E-state index >= 15 is 0 Å². The van der Waals surface area contributed by atoms with Gasteiger partial charge in [-0.1, -0.05) is 0 Å². The second kappa shape index (κ2) is 6.19. The second-order valence-corrected chi connectivity index (χ2v) is 7.59. The van der Waals surface area contributed by atoms with Crippen molar-refractivity contribution in [3.63, 3.8) is 0 Å². The Hall–Kier alpha value is -0.660. The SMILES string of the molecule is O=C(CC1CCCN1)N(CCO)C1CCS(=O)(=O)C1. The normalized spacial score (nSPS) is 29.5. The van der Waals surface area contributed by atoms with E-state index in [1.807, 2.05) is 0 Å². The van der Waals surface area contributed by atoms with Crippen LogP contribution in [0.4, 0.5) is 0 Å². The third-order valence-electron chi connectivity index (χ3n) is 3.89. The first-order valence-electron chi connectivity index (χ1n) is 6.86. The zero-order valence-electron chi connectivity index (χ0n) is 11.0. The van der Waals surface area contributed by atoms with Crippen molar-refractivity contribution in [3.8, 4) is 0 Å². The number of amides is 1. The molecule has 0 aliphatic carbocycles. The number of nitrogens with zero attached hydrogens (tertiary/aromatic N) is 1. The molecule has 2 aliphatic heterocycles. The molecule has 2 heterocycles. The van der Waals surface area contributed by atoms with Crippen LogP contribution < -0.4 is 5.32 Å². The summed E-state index contributed by atoms with van der Waals surface area (Å²) in [5.74, 6) is 0.140. The van der Waals surface area contributed by atoms with Gasteiger partial charge in [0.2, 0.25) is 5.91 Å². The van der Waals surface area contributed by atoms with E-state index < -0.39 is 9.84 Å². The molecule has 7 heteroatoms. The summed E-state index contributed by atoms with van der Waals surface area (Å²) in [5.41, 5.74) is 0. The maximum Gasteiger partial charge on any atom is 0.224 e. The summed E-state index contributed by atoms with van der Waals surface area (Å²) in [6, 6.07) is -0.0576. The molecule has 2 fully saturated rings. The lowest BCUT2D eigenvalue weighted by Crippen LogP contribution is -2.44. The van der Waals surface area contributed by atoms with E-state index in [0.717, 1.165) is 19.4 Å². The molecule has 6 nitrogen and oxygen atoms in total. The third-order valence-corrected chi connectivity index (χ3v) is 5.64. The average molecular weight is 290 g/mol. The molecule has 0 aromatic heterocycles. The minimum Gasteiger partial charge on any atom is -0.395 e. The summed E-state index contributed by atoms with van der Waals surface area (Å²) >= 11 is 0.